The highest BCUT2D eigenvalue weighted by molar-refractivity contribution is 7.92. The number of urea groups is 1. The zero-order chi connectivity index (χ0) is 20.0. The van der Waals surface area contributed by atoms with Crippen molar-refractivity contribution >= 4 is 27.3 Å². The van der Waals surface area contributed by atoms with Crippen molar-refractivity contribution < 1.29 is 17.9 Å². The van der Waals surface area contributed by atoms with Crippen molar-refractivity contribution in [2.45, 2.75) is 6.54 Å². The molecule has 3 aromatic rings. The minimum Gasteiger partial charge on any atom is -0.497 e. The molecule has 3 rings (SSSR count). The van der Waals surface area contributed by atoms with E-state index in [2.05, 4.69) is 20.5 Å². The third kappa shape index (κ3) is 5.36. The van der Waals surface area contributed by atoms with Crippen LogP contribution in [0.5, 0.6) is 5.75 Å². The van der Waals surface area contributed by atoms with Crippen molar-refractivity contribution in [3.05, 3.63) is 60.4 Å². The molecule has 0 saturated heterocycles. The number of hydrogen-bond donors (Lipinski definition) is 3. The van der Waals surface area contributed by atoms with Gasteiger partial charge >= 0.3 is 6.03 Å². The van der Waals surface area contributed by atoms with Gasteiger partial charge in [0.1, 0.15) is 5.75 Å². The van der Waals surface area contributed by atoms with Gasteiger partial charge in [-0.2, -0.15) is 5.10 Å². The smallest absolute Gasteiger partial charge is 0.315 e. The molecule has 1 aromatic carbocycles. The topological polar surface area (TPSA) is 114 Å². The van der Waals surface area contributed by atoms with Gasteiger partial charge in [0.05, 0.1) is 24.1 Å². The summed E-state index contributed by atoms with van der Waals surface area (Å²) in [5.41, 5.74) is 2.12. The molecule has 0 spiro atoms. The third-order valence-electron chi connectivity index (χ3n) is 3.94. The van der Waals surface area contributed by atoms with Gasteiger partial charge in [-0.1, -0.05) is 12.1 Å². The molecule has 0 bridgehead atoms. The summed E-state index contributed by atoms with van der Waals surface area (Å²) in [7, 11) is -2.01. The predicted octanol–water partition coefficient (Wildman–Crippen LogP) is 1.58. The number of hydrogen-bond acceptors (Lipinski definition) is 5. The van der Waals surface area contributed by atoms with Crippen LogP contribution in [0.1, 0.15) is 5.56 Å². The summed E-state index contributed by atoms with van der Waals surface area (Å²) in [5, 5.41) is 9.26. The van der Waals surface area contributed by atoms with Crippen LogP contribution < -0.4 is 20.1 Å². The normalized spacial score (nSPS) is 11.2. The van der Waals surface area contributed by atoms with Crippen LogP contribution in [0.25, 0.3) is 5.52 Å². The Kier molecular flexibility index (Phi) is 5.99. The molecule has 10 heteroatoms. The van der Waals surface area contributed by atoms with Crippen molar-refractivity contribution in [1.29, 1.82) is 0 Å². The zero-order valence-corrected chi connectivity index (χ0v) is 16.1. The molecule has 2 aromatic heterocycles. The van der Waals surface area contributed by atoms with Crippen LogP contribution >= 0.6 is 0 Å². The lowest BCUT2D eigenvalue weighted by Crippen LogP contribution is -2.38. The number of aromatic nitrogens is 2. The van der Waals surface area contributed by atoms with Gasteiger partial charge in [-0.25, -0.2) is 17.7 Å². The van der Waals surface area contributed by atoms with E-state index in [4.69, 9.17) is 4.74 Å². The fourth-order valence-corrected chi connectivity index (χ4v) is 3.46. The molecule has 2 amide bonds. The van der Waals surface area contributed by atoms with E-state index in [1.807, 2.05) is 12.1 Å². The van der Waals surface area contributed by atoms with Crippen molar-refractivity contribution in [3.63, 3.8) is 0 Å². The number of fused-ring (bicyclic) bond motifs is 1. The first kappa shape index (κ1) is 19.5. The third-order valence-corrected chi connectivity index (χ3v) is 5.23. The van der Waals surface area contributed by atoms with Gasteiger partial charge in [-0.05, 0) is 35.9 Å². The van der Waals surface area contributed by atoms with Gasteiger partial charge in [-0.15, -0.1) is 0 Å². The van der Waals surface area contributed by atoms with Crippen molar-refractivity contribution in [2.24, 2.45) is 0 Å². The fourth-order valence-electron chi connectivity index (χ4n) is 2.50. The Hall–Kier alpha value is -3.27. The van der Waals surface area contributed by atoms with Crippen LogP contribution in [0.3, 0.4) is 0 Å². The van der Waals surface area contributed by atoms with E-state index in [0.717, 1.165) is 16.8 Å². The van der Waals surface area contributed by atoms with Crippen LogP contribution in [0.15, 0.2) is 54.9 Å². The minimum atomic E-state index is -3.59. The van der Waals surface area contributed by atoms with Gasteiger partial charge in [0.25, 0.3) is 0 Å². The number of nitrogens with one attached hydrogen (secondary N) is 3. The molecule has 0 aliphatic heterocycles. The molecule has 0 fully saturated rings. The molecule has 0 aliphatic rings. The van der Waals surface area contributed by atoms with Crippen LogP contribution in [0.2, 0.25) is 0 Å². The van der Waals surface area contributed by atoms with Gasteiger partial charge in [0, 0.05) is 25.5 Å². The van der Waals surface area contributed by atoms with Crippen LogP contribution in [0.4, 0.5) is 10.5 Å². The second-order valence-corrected chi connectivity index (χ2v) is 7.84. The van der Waals surface area contributed by atoms with Crippen molar-refractivity contribution in [1.82, 2.24) is 20.2 Å². The van der Waals surface area contributed by atoms with E-state index in [-0.39, 0.29) is 12.3 Å². The number of carbonyl (C=O) groups is 1. The van der Waals surface area contributed by atoms with Gasteiger partial charge in [0.15, 0.2) is 0 Å². The number of sulfonamides is 1. The standard InChI is InChI=1S/C18H21N5O4S/c1-27-17-4-2-14(3-5-17)13-20-18(24)19-9-11-28(25,26)22-15-7-10-23-16(12-15)6-8-21-23/h2-8,10,12,22H,9,11,13H2,1H3,(H2,19,20,24). The monoisotopic (exact) mass is 403 g/mol. The van der Waals surface area contributed by atoms with Gasteiger partial charge in [0.2, 0.25) is 10.0 Å². The number of pyridine rings is 1. The number of benzene rings is 1. The van der Waals surface area contributed by atoms with E-state index < -0.39 is 16.1 Å². The Balaban J connectivity index is 1.42. The molecule has 0 unspecified atom stereocenters. The first-order valence-electron chi connectivity index (χ1n) is 8.54. The number of anilines is 1. The molecule has 0 radical (unpaired) electrons. The van der Waals surface area contributed by atoms with E-state index in [1.54, 1.807) is 54.4 Å². The SMILES string of the molecule is COc1ccc(CNC(=O)NCCS(=O)(=O)Nc2ccn3nccc3c2)cc1. The summed E-state index contributed by atoms with van der Waals surface area (Å²) < 4.78 is 33.6. The van der Waals surface area contributed by atoms with E-state index >= 15 is 0 Å². The maximum Gasteiger partial charge on any atom is 0.315 e. The lowest BCUT2D eigenvalue weighted by molar-refractivity contribution is 0.241. The largest absolute Gasteiger partial charge is 0.497 e. The summed E-state index contributed by atoms with van der Waals surface area (Å²) >= 11 is 0. The van der Waals surface area contributed by atoms with Gasteiger partial charge < -0.3 is 15.4 Å². The number of carbonyl (C=O) groups excluding carboxylic acids is 1. The van der Waals surface area contributed by atoms with E-state index in [0.29, 0.717) is 12.2 Å². The molecule has 2 heterocycles. The number of amides is 2. The number of methoxy groups -OCH3 is 1. The minimum absolute atomic E-state index is 0.0152. The highest BCUT2D eigenvalue weighted by Crippen LogP contribution is 2.13. The highest BCUT2D eigenvalue weighted by atomic mass is 32.2. The molecule has 148 valence electrons. The number of nitrogens with zero attached hydrogens (tertiary/aromatic N) is 2. The molecular weight excluding hydrogens is 382 g/mol. The fraction of sp³-hybridized carbons (Fsp3) is 0.222. The molecule has 9 nitrogen and oxygen atoms in total. The summed E-state index contributed by atoms with van der Waals surface area (Å²) in [4.78, 5) is 11.8. The summed E-state index contributed by atoms with van der Waals surface area (Å²) in [6.07, 6.45) is 3.29. The Morgan fingerprint density at radius 1 is 1.14 bits per heavy atom. The summed E-state index contributed by atoms with van der Waals surface area (Å²) in [6.45, 7) is 0.310. The van der Waals surface area contributed by atoms with Crippen LogP contribution in [0, 0.1) is 0 Å². The van der Waals surface area contributed by atoms with Crippen LogP contribution in [-0.4, -0.2) is 43.5 Å². The molecule has 3 N–H and O–H groups in total. The van der Waals surface area contributed by atoms with E-state index in [9.17, 15) is 13.2 Å². The van der Waals surface area contributed by atoms with Crippen molar-refractivity contribution in [2.75, 3.05) is 24.1 Å². The lowest BCUT2D eigenvalue weighted by atomic mass is 10.2. The Bertz CT molecular complexity index is 1050. The second-order valence-electron chi connectivity index (χ2n) is 5.99. The zero-order valence-electron chi connectivity index (χ0n) is 15.3. The average Bonchev–Trinajstić information content (AvgIpc) is 3.14. The van der Waals surface area contributed by atoms with Crippen LogP contribution in [-0.2, 0) is 16.6 Å². The maximum atomic E-state index is 12.2. The molecular formula is C18H21N5O4S. The summed E-state index contributed by atoms with van der Waals surface area (Å²) in [5.74, 6) is 0.492. The summed E-state index contributed by atoms with van der Waals surface area (Å²) in [6, 6.07) is 11.9. The molecule has 28 heavy (non-hydrogen) atoms. The quantitative estimate of drug-likeness (QED) is 0.528. The Morgan fingerprint density at radius 2 is 1.93 bits per heavy atom. The Morgan fingerprint density at radius 3 is 2.68 bits per heavy atom. The number of rotatable bonds is 8. The first-order valence-corrected chi connectivity index (χ1v) is 10.2. The second kappa shape index (κ2) is 8.61. The average molecular weight is 403 g/mol. The molecule has 0 aliphatic carbocycles. The molecule has 0 saturated carbocycles. The highest BCUT2D eigenvalue weighted by Gasteiger charge is 2.12. The molecule has 0 atom stereocenters. The first-order chi connectivity index (χ1) is 13.4. The maximum absolute atomic E-state index is 12.2. The van der Waals surface area contributed by atoms with Crippen molar-refractivity contribution in [3.8, 4) is 5.75 Å². The number of ether oxygens (including phenoxy) is 1. The predicted molar refractivity (Wildman–Crippen MR) is 106 cm³/mol. The van der Waals surface area contributed by atoms with Gasteiger partial charge in [-0.3, -0.25) is 4.72 Å². The lowest BCUT2D eigenvalue weighted by Gasteiger charge is -2.10. The Labute approximate surface area is 162 Å². The van der Waals surface area contributed by atoms with E-state index in [1.165, 1.54) is 0 Å².